The summed E-state index contributed by atoms with van der Waals surface area (Å²) in [5.41, 5.74) is -4.99. The van der Waals surface area contributed by atoms with Crippen LogP contribution in [0.4, 0.5) is 18.9 Å². The number of nitrogens with zero attached hydrogens (tertiary/aromatic N) is 1. The molecule has 21 heavy (non-hydrogen) atoms. The average molecular weight is 315 g/mol. The van der Waals surface area contributed by atoms with Crippen LogP contribution in [0.5, 0.6) is 5.75 Å². The highest BCUT2D eigenvalue weighted by atomic mass is 32.2. The minimum atomic E-state index is -4.96. The SMILES string of the molecule is COc1ccc(N=S(=O)(c2ccccc2)C(F)(F)F)cc1. The summed E-state index contributed by atoms with van der Waals surface area (Å²) in [4.78, 5) is -0.367. The number of halogens is 3. The van der Waals surface area contributed by atoms with Gasteiger partial charge >= 0.3 is 5.51 Å². The van der Waals surface area contributed by atoms with E-state index in [0.29, 0.717) is 5.75 Å². The summed E-state index contributed by atoms with van der Waals surface area (Å²) in [6, 6.07) is 12.2. The fourth-order valence-electron chi connectivity index (χ4n) is 1.63. The van der Waals surface area contributed by atoms with Gasteiger partial charge in [-0.15, -0.1) is 0 Å². The lowest BCUT2D eigenvalue weighted by molar-refractivity contribution is -0.0402. The lowest BCUT2D eigenvalue weighted by atomic mass is 10.3. The first-order valence-electron chi connectivity index (χ1n) is 5.89. The average Bonchev–Trinajstić information content (AvgIpc) is 2.47. The zero-order valence-corrected chi connectivity index (χ0v) is 11.8. The Balaban J connectivity index is 2.60. The highest BCUT2D eigenvalue weighted by Crippen LogP contribution is 2.35. The van der Waals surface area contributed by atoms with Crippen LogP contribution < -0.4 is 4.74 Å². The van der Waals surface area contributed by atoms with Crippen LogP contribution in [0.2, 0.25) is 0 Å². The second-order valence-corrected chi connectivity index (χ2v) is 6.24. The molecule has 112 valence electrons. The monoisotopic (exact) mass is 315 g/mol. The van der Waals surface area contributed by atoms with Crippen molar-refractivity contribution >= 4 is 15.4 Å². The molecular formula is C14H12F3NO2S. The topological polar surface area (TPSA) is 38.7 Å². The van der Waals surface area contributed by atoms with Crippen molar-refractivity contribution in [2.45, 2.75) is 10.4 Å². The molecule has 0 bridgehead atoms. The molecule has 2 rings (SSSR count). The van der Waals surface area contributed by atoms with E-state index in [1.165, 1.54) is 43.5 Å². The predicted octanol–water partition coefficient (Wildman–Crippen LogP) is 4.37. The standard InChI is InChI=1S/C14H12F3NO2S/c1-20-12-9-7-11(8-10-12)18-21(19,14(15,16)17)13-5-3-2-4-6-13/h2-10H,1H3. The van der Waals surface area contributed by atoms with Crippen molar-refractivity contribution in [3.05, 3.63) is 54.6 Å². The quantitative estimate of drug-likeness (QED) is 0.843. The second kappa shape index (κ2) is 5.77. The number of ether oxygens (including phenoxy) is 1. The first kappa shape index (κ1) is 15.4. The van der Waals surface area contributed by atoms with Gasteiger partial charge in [-0.25, -0.2) is 4.21 Å². The Kier molecular flexibility index (Phi) is 4.22. The van der Waals surface area contributed by atoms with E-state index in [4.69, 9.17) is 4.74 Å². The first-order chi connectivity index (χ1) is 9.87. The van der Waals surface area contributed by atoms with Crippen LogP contribution in [0, 0.1) is 0 Å². The van der Waals surface area contributed by atoms with E-state index in [9.17, 15) is 17.4 Å². The maximum absolute atomic E-state index is 13.2. The molecular weight excluding hydrogens is 303 g/mol. The van der Waals surface area contributed by atoms with Crippen molar-refractivity contribution in [2.24, 2.45) is 4.36 Å². The number of alkyl halides is 3. The Morgan fingerprint density at radius 3 is 2.05 bits per heavy atom. The Labute approximate surface area is 120 Å². The van der Waals surface area contributed by atoms with E-state index in [-0.39, 0.29) is 10.6 Å². The molecule has 7 heteroatoms. The van der Waals surface area contributed by atoms with Gasteiger partial charge in [-0.1, -0.05) is 18.2 Å². The molecule has 0 heterocycles. The molecule has 1 unspecified atom stereocenters. The van der Waals surface area contributed by atoms with Crippen molar-refractivity contribution in [2.75, 3.05) is 7.11 Å². The number of rotatable bonds is 3. The summed E-state index contributed by atoms with van der Waals surface area (Å²) in [6.07, 6.45) is 0. The molecule has 0 aliphatic heterocycles. The van der Waals surface area contributed by atoms with Crippen LogP contribution in [-0.2, 0) is 9.73 Å². The van der Waals surface area contributed by atoms with Crippen LogP contribution >= 0.6 is 0 Å². The first-order valence-corrected chi connectivity index (χ1v) is 7.41. The lowest BCUT2D eigenvalue weighted by Gasteiger charge is -2.13. The van der Waals surface area contributed by atoms with Gasteiger partial charge in [-0.05, 0) is 36.4 Å². The van der Waals surface area contributed by atoms with E-state index in [1.807, 2.05) is 0 Å². The maximum atomic E-state index is 13.2. The van der Waals surface area contributed by atoms with Gasteiger partial charge in [0.25, 0.3) is 0 Å². The fourth-order valence-corrected chi connectivity index (χ4v) is 3.06. The van der Waals surface area contributed by atoms with Gasteiger partial charge in [0, 0.05) is 0 Å². The van der Waals surface area contributed by atoms with Crippen LogP contribution in [0.25, 0.3) is 0 Å². The molecule has 0 N–H and O–H groups in total. The summed E-state index contributed by atoms with van der Waals surface area (Å²) in [7, 11) is -3.13. The number of hydrogen-bond donors (Lipinski definition) is 0. The second-order valence-electron chi connectivity index (χ2n) is 4.07. The summed E-state index contributed by atoms with van der Waals surface area (Å²) < 4.78 is 60.5. The van der Waals surface area contributed by atoms with Crippen LogP contribution in [0.3, 0.4) is 0 Å². The summed E-state index contributed by atoms with van der Waals surface area (Å²) in [6.45, 7) is 0. The third-order valence-corrected chi connectivity index (χ3v) is 4.69. The van der Waals surface area contributed by atoms with Crippen molar-refractivity contribution < 1.29 is 22.1 Å². The van der Waals surface area contributed by atoms with Gasteiger partial charge in [0.2, 0.25) is 0 Å². The summed E-state index contributed by atoms with van der Waals surface area (Å²) in [5, 5.41) is 0. The highest BCUT2D eigenvalue weighted by Gasteiger charge is 2.44. The molecule has 0 aliphatic carbocycles. The van der Waals surface area contributed by atoms with Crippen LogP contribution in [0.1, 0.15) is 0 Å². The fraction of sp³-hybridized carbons (Fsp3) is 0.143. The van der Waals surface area contributed by atoms with Crippen LogP contribution in [-0.4, -0.2) is 16.8 Å². The minimum Gasteiger partial charge on any atom is -0.497 e. The minimum absolute atomic E-state index is 0.0259. The smallest absolute Gasteiger partial charge is 0.484 e. The Morgan fingerprint density at radius 2 is 1.57 bits per heavy atom. The van der Waals surface area contributed by atoms with E-state index < -0.39 is 15.2 Å². The van der Waals surface area contributed by atoms with E-state index in [2.05, 4.69) is 4.36 Å². The molecule has 0 saturated heterocycles. The molecule has 3 nitrogen and oxygen atoms in total. The lowest BCUT2D eigenvalue weighted by Crippen LogP contribution is -2.22. The van der Waals surface area contributed by atoms with Gasteiger partial charge in [0.05, 0.1) is 17.7 Å². The van der Waals surface area contributed by atoms with Crippen molar-refractivity contribution in [1.29, 1.82) is 0 Å². The molecule has 2 aromatic carbocycles. The van der Waals surface area contributed by atoms with Gasteiger partial charge in [-0.3, -0.25) is 0 Å². The third kappa shape index (κ3) is 3.18. The van der Waals surface area contributed by atoms with Crippen molar-refractivity contribution in [1.82, 2.24) is 0 Å². The molecule has 0 radical (unpaired) electrons. The van der Waals surface area contributed by atoms with Crippen LogP contribution in [0.15, 0.2) is 63.9 Å². The van der Waals surface area contributed by atoms with Crippen molar-refractivity contribution in [3.8, 4) is 5.75 Å². The summed E-state index contributed by atoms with van der Waals surface area (Å²) >= 11 is 0. The normalized spacial score (nSPS) is 14.3. The molecule has 1 atom stereocenters. The molecule has 2 aromatic rings. The Bertz CT molecular complexity index is 718. The zero-order valence-electron chi connectivity index (χ0n) is 11.0. The van der Waals surface area contributed by atoms with Gasteiger partial charge < -0.3 is 4.74 Å². The van der Waals surface area contributed by atoms with Crippen molar-refractivity contribution in [3.63, 3.8) is 0 Å². The highest BCUT2D eigenvalue weighted by molar-refractivity contribution is 7.94. The third-order valence-electron chi connectivity index (χ3n) is 2.68. The Hall–Kier alpha value is -2.02. The zero-order chi connectivity index (χ0) is 15.5. The number of benzene rings is 2. The molecule has 0 aromatic heterocycles. The summed E-state index contributed by atoms with van der Waals surface area (Å²) in [5.74, 6) is 0.479. The molecule has 0 saturated carbocycles. The maximum Gasteiger partial charge on any atom is 0.484 e. The van der Waals surface area contributed by atoms with E-state index in [0.717, 1.165) is 12.1 Å². The number of hydrogen-bond acceptors (Lipinski definition) is 3. The van der Waals surface area contributed by atoms with Gasteiger partial charge in [0.15, 0.2) is 9.73 Å². The largest absolute Gasteiger partial charge is 0.497 e. The van der Waals surface area contributed by atoms with E-state index in [1.54, 1.807) is 6.07 Å². The molecule has 0 aliphatic rings. The molecule has 0 fully saturated rings. The van der Waals surface area contributed by atoms with Gasteiger partial charge in [-0.2, -0.15) is 17.5 Å². The van der Waals surface area contributed by atoms with E-state index >= 15 is 0 Å². The Morgan fingerprint density at radius 1 is 1.00 bits per heavy atom. The predicted molar refractivity (Wildman–Crippen MR) is 74.0 cm³/mol. The molecule has 0 amide bonds. The van der Waals surface area contributed by atoms with Gasteiger partial charge in [0.1, 0.15) is 5.75 Å². The molecule has 0 spiro atoms. The number of methoxy groups -OCH3 is 1.